The highest BCUT2D eigenvalue weighted by Crippen LogP contribution is 2.25. The first kappa shape index (κ1) is 30.1. The fraction of sp³-hybridized carbons (Fsp3) is 0.545. The van der Waals surface area contributed by atoms with Gasteiger partial charge in [0.15, 0.2) is 0 Å². The molecule has 1 amide bonds. The van der Waals surface area contributed by atoms with E-state index in [1.54, 1.807) is 0 Å². The number of thioether (sulfide) groups is 1. The molecular formula is C33H48N2O2S. The Kier molecular flexibility index (Phi) is 14.3. The minimum absolute atomic E-state index is 0.0196. The van der Waals surface area contributed by atoms with Crippen molar-refractivity contribution < 1.29 is 9.53 Å². The molecule has 2 aromatic rings. The number of amides is 1. The van der Waals surface area contributed by atoms with Crippen molar-refractivity contribution in [1.29, 1.82) is 0 Å². The molecule has 0 aromatic heterocycles. The summed E-state index contributed by atoms with van der Waals surface area (Å²) in [6.45, 7) is 6.03. The van der Waals surface area contributed by atoms with E-state index < -0.39 is 0 Å². The fourth-order valence-electron chi connectivity index (χ4n) is 4.80. The van der Waals surface area contributed by atoms with Gasteiger partial charge in [-0.2, -0.15) is 0 Å². The number of carbonyl (C=O) groups excluding carboxylic acids is 1. The third-order valence-electron chi connectivity index (χ3n) is 7.17. The van der Waals surface area contributed by atoms with Gasteiger partial charge in [0.05, 0.1) is 18.9 Å². The Morgan fingerprint density at radius 1 is 0.868 bits per heavy atom. The molecule has 1 aliphatic heterocycles. The van der Waals surface area contributed by atoms with Crippen molar-refractivity contribution >= 4 is 23.4 Å². The molecule has 0 bridgehead atoms. The van der Waals surface area contributed by atoms with Gasteiger partial charge < -0.3 is 15.0 Å². The average molecular weight is 537 g/mol. The van der Waals surface area contributed by atoms with Crippen LogP contribution in [0.15, 0.2) is 59.6 Å². The molecule has 0 aliphatic carbocycles. The number of rotatable bonds is 19. The van der Waals surface area contributed by atoms with Crippen LogP contribution in [0.25, 0.3) is 0 Å². The number of allylic oxidation sites excluding steroid dienone is 1. The number of unbranched alkanes of at least 4 members (excludes halogenated alkanes) is 11. The van der Waals surface area contributed by atoms with Crippen molar-refractivity contribution in [3.63, 3.8) is 0 Å². The Bertz CT molecular complexity index is 973. The molecule has 2 aromatic carbocycles. The zero-order valence-corrected chi connectivity index (χ0v) is 24.5. The number of carbonyl (C=O) groups is 1. The summed E-state index contributed by atoms with van der Waals surface area (Å²) in [7, 11) is 0. The monoisotopic (exact) mass is 536 g/mol. The number of anilines is 1. The summed E-state index contributed by atoms with van der Waals surface area (Å²) in [4.78, 5) is 15.1. The lowest BCUT2D eigenvalue weighted by Gasteiger charge is -2.19. The van der Waals surface area contributed by atoms with E-state index in [1.807, 2.05) is 48.2 Å². The van der Waals surface area contributed by atoms with Gasteiger partial charge in [0, 0.05) is 23.5 Å². The minimum Gasteiger partial charge on any atom is -0.493 e. The van der Waals surface area contributed by atoms with Gasteiger partial charge in [0.1, 0.15) is 5.75 Å². The first-order valence-electron chi connectivity index (χ1n) is 14.8. The van der Waals surface area contributed by atoms with Crippen LogP contribution < -0.4 is 10.1 Å². The Balaban J connectivity index is 1.29. The molecule has 1 N–H and O–H groups in total. The zero-order valence-electron chi connectivity index (χ0n) is 23.7. The zero-order chi connectivity index (χ0) is 26.8. The molecule has 0 spiro atoms. The van der Waals surface area contributed by atoms with Crippen LogP contribution in [0.3, 0.4) is 0 Å². The van der Waals surface area contributed by atoms with Gasteiger partial charge in [-0.25, -0.2) is 0 Å². The molecule has 208 valence electrons. The van der Waals surface area contributed by atoms with E-state index in [9.17, 15) is 4.79 Å². The molecule has 4 nitrogen and oxygen atoms in total. The van der Waals surface area contributed by atoms with E-state index in [2.05, 4.69) is 41.6 Å². The molecule has 0 saturated heterocycles. The van der Waals surface area contributed by atoms with Gasteiger partial charge in [-0.15, -0.1) is 11.8 Å². The van der Waals surface area contributed by atoms with Crippen LogP contribution in [0.4, 0.5) is 5.69 Å². The minimum atomic E-state index is -0.0196. The second-order valence-electron chi connectivity index (χ2n) is 10.5. The quantitative estimate of drug-likeness (QED) is 0.182. The highest BCUT2D eigenvalue weighted by molar-refractivity contribution is 8.02. The van der Waals surface area contributed by atoms with E-state index >= 15 is 0 Å². The Hall–Kier alpha value is -2.40. The standard InChI is InChI=1S/C33H48N2O2S/c1-3-4-5-6-7-8-9-10-11-12-13-16-23-37-32-18-15-14-17-30(32)24-33(36)34-31-21-19-29(20-22-31)25-35-27-38-26-28(35)2/h14-15,17-22,26H,3-13,16,23-25,27H2,1-2H3,(H,34,36). The van der Waals surface area contributed by atoms with Crippen molar-refractivity contribution in [3.8, 4) is 5.75 Å². The maximum Gasteiger partial charge on any atom is 0.228 e. The van der Waals surface area contributed by atoms with Crippen LogP contribution in [-0.2, 0) is 17.8 Å². The van der Waals surface area contributed by atoms with Crippen LogP contribution in [0, 0.1) is 0 Å². The first-order chi connectivity index (χ1) is 18.7. The van der Waals surface area contributed by atoms with Crippen molar-refractivity contribution in [1.82, 2.24) is 4.90 Å². The van der Waals surface area contributed by atoms with Gasteiger partial charge in [-0.1, -0.05) is 108 Å². The smallest absolute Gasteiger partial charge is 0.228 e. The van der Waals surface area contributed by atoms with E-state index in [1.165, 1.54) is 81.9 Å². The number of benzene rings is 2. The lowest BCUT2D eigenvalue weighted by molar-refractivity contribution is -0.115. The van der Waals surface area contributed by atoms with Crippen molar-refractivity contribution in [2.24, 2.45) is 0 Å². The number of para-hydroxylation sites is 1. The summed E-state index contributed by atoms with van der Waals surface area (Å²) < 4.78 is 6.08. The Labute approximate surface area is 235 Å². The molecule has 0 unspecified atom stereocenters. The third-order valence-corrected chi connectivity index (χ3v) is 8.14. The molecule has 3 rings (SSSR count). The summed E-state index contributed by atoms with van der Waals surface area (Å²) >= 11 is 1.83. The van der Waals surface area contributed by atoms with Crippen LogP contribution in [0.5, 0.6) is 5.75 Å². The Morgan fingerprint density at radius 3 is 2.13 bits per heavy atom. The SMILES string of the molecule is CCCCCCCCCCCCCCOc1ccccc1CC(=O)Nc1ccc(CN2CSC=C2C)cc1. The number of hydrogen-bond donors (Lipinski definition) is 1. The van der Waals surface area contributed by atoms with Crippen molar-refractivity contribution in [2.75, 3.05) is 17.8 Å². The molecule has 0 fully saturated rings. The van der Waals surface area contributed by atoms with E-state index in [0.29, 0.717) is 13.0 Å². The molecule has 38 heavy (non-hydrogen) atoms. The predicted octanol–water partition coefficient (Wildman–Crippen LogP) is 9.32. The molecule has 1 aliphatic rings. The summed E-state index contributed by atoms with van der Waals surface area (Å²) in [5.74, 6) is 1.81. The number of nitrogens with one attached hydrogen (secondary N) is 1. The number of hydrogen-bond acceptors (Lipinski definition) is 4. The predicted molar refractivity (Wildman–Crippen MR) is 164 cm³/mol. The maximum absolute atomic E-state index is 12.7. The summed E-state index contributed by atoms with van der Waals surface area (Å²) in [5.41, 5.74) is 4.33. The van der Waals surface area contributed by atoms with Crippen molar-refractivity contribution in [3.05, 3.63) is 70.8 Å². The highest BCUT2D eigenvalue weighted by Gasteiger charge is 2.12. The Morgan fingerprint density at radius 2 is 1.50 bits per heavy atom. The largest absolute Gasteiger partial charge is 0.493 e. The summed E-state index contributed by atoms with van der Waals surface area (Å²) in [6, 6.07) is 16.1. The summed E-state index contributed by atoms with van der Waals surface area (Å²) in [6.07, 6.45) is 16.3. The average Bonchev–Trinajstić information content (AvgIpc) is 3.32. The second kappa shape index (κ2) is 18.0. The lowest BCUT2D eigenvalue weighted by Crippen LogP contribution is -2.17. The number of ether oxygens (including phenoxy) is 1. The molecule has 0 radical (unpaired) electrons. The van der Waals surface area contributed by atoms with Crippen LogP contribution in [0.2, 0.25) is 0 Å². The van der Waals surface area contributed by atoms with E-state index in [0.717, 1.165) is 35.8 Å². The molecule has 0 saturated carbocycles. The van der Waals surface area contributed by atoms with E-state index in [-0.39, 0.29) is 5.91 Å². The first-order valence-corrected chi connectivity index (χ1v) is 15.8. The topological polar surface area (TPSA) is 41.6 Å². The molecule has 5 heteroatoms. The third kappa shape index (κ3) is 11.6. The lowest BCUT2D eigenvalue weighted by atomic mass is 10.1. The maximum atomic E-state index is 12.7. The highest BCUT2D eigenvalue weighted by atomic mass is 32.2. The van der Waals surface area contributed by atoms with Gasteiger partial charge >= 0.3 is 0 Å². The summed E-state index contributed by atoms with van der Waals surface area (Å²) in [5, 5.41) is 5.24. The molecular weight excluding hydrogens is 488 g/mol. The normalized spacial score (nSPS) is 13.0. The van der Waals surface area contributed by atoms with Gasteiger partial charge in [0.25, 0.3) is 0 Å². The fourth-order valence-corrected chi connectivity index (χ4v) is 5.74. The van der Waals surface area contributed by atoms with Crippen LogP contribution in [0.1, 0.15) is 102 Å². The van der Waals surface area contributed by atoms with Gasteiger partial charge in [-0.3, -0.25) is 4.79 Å². The van der Waals surface area contributed by atoms with Gasteiger partial charge in [-0.05, 0) is 42.5 Å². The molecule has 1 heterocycles. The second-order valence-corrected chi connectivity index (χ2v) is 11.3. The van der Waals surface area contributed by atoms with Crippen LogP contribution >= 0.6 is 11.8 Å². The van der Waals surface area contributed by atoms with E-state index in [4.69, 9.17) is 4.74 Å². The van der Waals surface area contributed by atoms with Gasteiger partial charge in [0.2, 0.25) is 5.91 Å². The number of nitrogens with zero attached hydrogens (tertiary/aromatic N) is 1. The van der Waals surface area contributed by atoms with Crippen LogP contribution in [-0.4, -0.2) is 23.3 Å². The van der Waals surface area contributed by atoms with Crippen molar-refractivity contribution in [2.45, 2.75) is 104 Å². The molecule has 0 atom stereocenters.